The van der Waals surface area contributed by atoms with Gasteiger partial charge in [-0.2, -0.15) is 0 Å². The van der Waals surface area contributed by atoms with Gasteiger partial charge < -0.3 is 15.5 Å². The maximum Gasteiger partial charge on any atom is 0.266 e. The zero-order chi connectivity index (χ0) is 25.2. The van der Waals surface area contributed by atoms with Crippen molar-refractivity contribution in [3.05, 3.63) is 64.2 Å². The number of nitrogens with zero attached hydrogens (tertiary/aromatic N) is 1. The van der Waals surface area contributed by atoms with Crippen molar-refractivity contribution in [1.29, 1.82) is 0 Å². The molecule has 3 saturated carbocycles. The summed E-state index contributed by atoms with van der Waals surface area (Å²) in [5.41, 5.74) is 0.466. The highest BCUT2D eigenvalue weighted by Crippen LogP contribution is 2.65. The average Bonchev–Trinajstić information content (AvgIpc) is 2.79. The number of anilines is 1. The summed E-state index contributed by atoms with van der Waals surface area (Å²) < 4.78 is 56.5. The lowest BCUT2D eigenvalue weighted by Crippen LogP contribution is -2.55. The van der Waals surface area contributed by atoms with Gasteiger partial charge >= 0.3 is 0 Å². The molecule has 2 N–H and O–H groups in total. The first kappa shape index (κ1) is 23.8. The number of alkyl halides is 2. The molecule has 0 radical (unpaired) electrons. The smallest absolute Gasteiger partial charge is 0.266 e. The molecule has 3 aliphatic carbocycles. The third-order valence-corrected chi connectivity index (χ3v) is 9.07. The van der Waals surface area contributed by atoms with E-state index in [2.05, 4.69) is 15.5 Å². The number of benzene rings is 2. The lowest BCUT2D eigenvalue weighted by molar-refractivity contribution is -0.0300. The minimum Gasteiger partial charge on any atom is -0.380 e. The highest BCUT2D eigenvalue weighted by Gasteiger charge is 2.58. The lowest BCUT2D eigenvalue weighted by Gasteiger charge is -2.62. The number of hydrogen-bond donors (Lipinski definition) is 2. The number of piperidine rings is 3. The quantitative estimate of drug-likeness (QED) is 0.461. The van der Waals surface area contributed by atoms with E-state index >= 15 is 4.39 Å². The standard InChI is InChI=1S/C28H31F4N3O/c1-15(18-3-2-4-19(25(18)30)26(31)32)33-27(36)20-9-21(28-11-16(12-28)13-28)22(29)10-23(20)34-24-14-35-7-5-17(24)6-8-35/h2-4,9-10,15-17,24,26,34H,5-8,11-14H2,1H3,(H,33,36)/t15-,16?,24+,28?/m1/s1. The Kier molecular flexibility index (Phi) is 5.78. The minimum atomic E-state index is -2.95. The van der Waals surface area contributed by atoms with Crippen molar-refractivity contribution in [3.63, 3.8) is 0 Å². The Morgan fingerprint density at radius 1 is 1.08 bits per heavy atom. The number of fused-ring (bicyclic) bond motifs is 3. The van der Waals surface area contributed by atoms with E-state index in [0.717, 1.165) is 57.8 Å². The average molecular weight is 502 g/mol. The maximum atomic E-state index is 15.4. The molecular formula is C28H31F4N3O. The van der Waals surface area contributed by atoms with Gasteiger partial charge in [0.1, 0.15) is 11.6 Å². The Bertz CT molecular complexity index is 1180. The monoisotopic (exact) mass is 501 g/mol. The van der Waals surface area contributed by atoms with Crippen molar-refractivity contribution in [1.82, 2.24) is 10.2 Å². The molecule has 6 aliphatic rings. The minimum absolute atomic E-state index is 0.00481. The summed E-state index contributed by atoms with van der Waals surface area (Å²) in [6.45, 7) is 4.54. The predicted octanol–water partition coefficient (Wildman–Crippen LogP) is 5.95. The topological polar surface area (TPSA) is 44.4 Å². The van der Waals surface area contributed by atoms with Crippen LogP contribution in [-0.4, -0.2) is 36.5 Å². The van der Waals surface area contributed by atoms with Crippen LogP contribution in [0.4, 0.5) is 23.2 Å². The summed E-state index contributed by atoms with van der Waals surface area (Å²) in [6, 6.07) is 6.20. The molecule has 2 aromatic rings. The van der Waals surface area contributed by atoms with E-state index in [4.69, 9.17) is 0 Å². The Balaban J connectivity index is 1.30. The van der Waals surface area contributed by atoms with E-state index in [1.807, 2.05) is 0 Å². The van der Waals surface area contributed by atoms with Crippen molar-refractivity contribution in [3.8, 4) is 0 Å². The van der Waals surface area contributed by atoms with E-state index in [1.165, 1.54) is 18.2 Å². The molecule has 0 spiro atoms. The zero-order valence-electron chi connectivity index (χ0n) is 20.3. The molecule has 8 rings (SSSR count). The molecule has 1 amide bonds. The van der Waals surface area contributed by atoms with E-state index in [1.54, 1.807) is 13.0 Å². The summed E-state index contributed by atoms with van der Waals surface area (Å²) in [6.07, 6.45) is 2.03. The number of hydrogen-bond acceptors (Lipinski definition) is 3. The van der Waals surface area contributed by atoms with Crippen LogP contribution in [0.1, 0.15) is 78.5 Å². The van der Waals surface area contributed by atoms with Crippen molar-refractivity contribution in [2.75, 3.05) is 25.0 Å². The number of rotatable bonds is 7. The van der Waals surface area contributed by atoms with Crippen molar-refractivity contribution < 1.29 is 22.4 Å². The van der Waals surface area contributed by atoms with Gasteiger partial charge in [-0.1, -0.05) is 18.2 Å². The fraction of sp³-hybridized carbons (Fsp3) is 0.536. The van der Waals surface area contributed by atoms with E-state index in [9.17, 15) is 18.0 Å². The van der Waals surface area contributed by atoms with Gasteiger partial charge in [-0.15, -0.1) is 0 Å². The Labute approximate surface area is 208 Å². The molecule has 8 heteroatoms. The van der Waals surface area contributed by atoms with Crippen LogP contribution in [0.15, 0.2) is 30.3 Å². The molecule has 4 nitrogen and oxygen atoms in total. The van der Waals surface area contributed by atoms with Crippen LogP contribution in [0, 0.1) is 23.5 Å². The SMILES string of the molecule is C[C@@H](NC(=O)c1cc(C23CC(C2)C3)c(F)cc1N[C@H]1CN2CCC1CC2)c1cccc(C(F)F)c1F. The normalized spacial score (nSPS) is 30.9. The molecule has 6 fully saturated rings. The van der Waals surface area contributed by atoms with Gasteiger partial charge in [0.2, 0.25) is 0 Å². The van der Waals surface area contributed by atoms with Crippen LogP contribution >= 0.6 is 0 Å². The Morgan fingerprint density at radius 2 is 1.78 bits per heavy atom. The van der Waals surface area contributed by atoms with Gasteiger partial charge in [0.25, 0.3) is 12.3 Å². The molecule has 2 aromatic carbocycles. The third kappa shape index (κ3) is 3.88. The van der Waals surface area contributed by atoms with Crippen LogP contribution < -0.4 is 10.6 Å². The van der Waals surface area contributed by atoms with Gasteiger partial charge in [-0.25, -0.2) is 17.6 Å². The first-order valence-corrected chi connectivity index (χ1v) is 12.9. The first-order chi connectivity index (χ1) is 17.2. The maximum absolute atomic E-state index is 15.4. The number of amides is 1. The van der Waals surface area contributed by atoms with Crippen molar-refractivity contribution >= 4 is 11.6 Å². The number of halogens is 4. The van der Waals surface area contributed by atoms with Crippen LogP contribution in [0.5, 0.6) is 0 Å². The second kappa shape index (κ2) is 8.75. The van der Waals surface area contributed by atoms with Gasteiger partial charge in [-0.3, -0.25) is 4.79 Å². The summed E-state index contributed by atoms with van der Waals surface area (Å²) in [5, 5.41) is 6.24. The van der Waals surface area contributed by atoms with E-state index < -0.39 is 29.8 Å². The summed E-state index contributed by atoms with van der Waals surface area (Å²) in [5.74, 6) is -0.662. The first-order valence-electron chi connectivity index (χ1n) is 12.9. The van der Waals surface area contributed by atoms with Crippen LogP contribution in [0.25, 0.3) is 0 Å². The van der Waals surface area contributed by atoms with E-state index in [0.29, 0.717) is 28.7 Å². The number of nitrogens with one attached hydrogen (secondary N) is 2. The lowest BCUT2D eigenvalue weighted by atomic mass is 9.42. The molecule has 3 saturated heterocycles. The highest BCUT2D eigenvalue weighted by molar-refractivity contribution is 6.00. The second-order valence-electron chi connectivity index (χ2n) is 11.3. The van der Waals surface area contributed by atoms with Gasteiger partial charge in [0.15, 0.2) is 0 Å². The van der Waals surface area contributed by atoms with Crippen molar-refractivity contribution in [2.24, 2.45) is 11.8 Å². The van der Waals surface area contributed by atoms with Crippen LogP contribution in [-0.2, 0) is 5.41 Å². The summed E-state index contributed by atoms with van der Waals surface area (Å²) in [7, 11) is 0. The molecule has 3 aliphatic heterocycles. The fourth-order valence-electron chi connectivity index (χ4n) is 6.85. The number of carbonyl (C=O) groups is 1. The third-order valence-electron chi connectivity index (χ3n) is 9.07. The molecule has 36 heavy (non-hydrogen) atoms. The molecule has 4 bridgehead atoms. The van der Waals surface area contributed by atoms with Gasteiger partial charge in [0.05, 0.1) is 22.9 Å². The molecule has 2 atom stereocenters. The molecule has 3 heterocycles. The summed E-state index contributed by atoms with van der Waals surface area (Å²) >= 11 is 0. The molecular weight excluding hydrogens is 470 g/mol. The molecule has 0 aromatic heterocycles. The van der Waals surface area contributed by atoms with Crippen LogP contribution in [0.2, 0.25) is 0 Å². The van der Waals surface area contributed by atoms with Gasteiger partial charge in [0, 0.05) is 18.2 Å². The fourth-order valence-corrected chi connectivity index (χ4v) is 6.85. The van der Waals surface area contributed by atoms with Crippen molar-refractivity contribution in [2.45, 2.75) is 63.0 Å². The Hall–Kier alpha value is -2.61. The zero-order valence-corrected chi connectivity index (χ0v) is 20.3. The highest BCUT2D eigenvalue weighted by atomic mass is 19.3. The number of carbonyl (C=O) groups excluding carboxylic acids is 1. The molecule has 192 valence electrons. The van der Waals surface area contributed by atoms with Gasteiger partial charge in [-0.05, 0) is 87.1 Å². The van der Waals surface area contributed by atoms with E-state index in [-0.39, 0.29) is 22.8 Å². The Morgan fingerprint density at radius 3 is 2.36 bits per heavy atom. The molecule has 0 unspecified atom stereocenters. The summed E-state index contributed by atoms with van der Waals surface area (Å²) in [4.78, 5) is 15.9. The predicted molar refractivity (Wildman–Crippen MR) is 129 cm³/mol. The second-order valence-corrected chi connectivity index (χ2v) is 11.3. The van der Waals surface area contributed by atoms with Crippen LogP contribution in [0.3, 0.4) is 0 Å². The largest absolute Gasteiger partial charge is 0.380 e.